The molecule has 0 saturated heterocycles. The van der Waals surface area contributed by atoms with Crippen molar-refractivity contribution in [3.05, 3.63) is 191 Å². The highest BCUT2D eigenvalue weighted by molar-refractivity contribution is 6.00. The molecule has 1 heterocycles. The average Bonchev–Trinajstić information content (AvgIpc) is 3.70. The molecular weight excluding hydrogens is 677 g/mol. The Morgan fingerprint density at radius 2 is 0.857 bits per heavy atom. The molecule has 0 unspecified atom stereocenters. The van der Waals surface area contributed by atoms with E-state index >= 15 is 0 Å². The molecule has 4 saturated carbocycles. The van der Waals surface area contributed by atoms with E-state index < -0.39 is 5.41 Å². The molecule has 8 aromatic carbocycles. The van der Waals surface area contributed by atoms with Crippen LogP contribution in [-0.4, -0.2) is 0 Å². The summed E-state index contributed by atoms with van der Waals surface area (Å²) in [4.78, 5) is 0. The van der Waals surface area contributed by atoms with E-state index in [9.17, 15) is 0 Å². The summed E-state index contributed by atoms with van der Waals surface area (Å²) in [6.07, 6.45) is 7.06. The molecule has 0 aromatic heterocycles. The van der Waals surface area contributed by atoms with Crippen LogP contribution in [0.2, 0.25) is 0 Å². The van der Waals surface area contributed by atoms with Gasteiger partial charge < -0.3 is 4.74 Å². The SMILES string of the molecule is c1ccc2c(c1)-c1ccc(-c3ccc4c(c3)C3(c5ccccc5-4)C4CC5CC(C4)CC3C5)cc1C21c2ccc3ccccc3c2Oc2c1ccc1ccccc21. The van der Waals surface area contributed by atoms with Crippen molar-refractivity contribution < 1.29 is 4.74 Å². The molecule has 1 nitrogen and oxygen atoms in total. The Kier molecular flexibility index (Phi) is 5.67. The van der Waals surface area contributed by atoms with Gasteiger partial charge in [-0.3, -0.25) is 0 Å². The smallest absolute Gasteiger partial charge is 0.140 e. The van der Waals surface area contributed by atoms with Gasteiger partial charge in [-0.15, -0.1) is 0 Å². The first-order valence-corrected chi connectivity index (χ1v) is 20.9. The second kappa shape index (κ2) is 10.5. The Hall–Kier alpha value is -5.92. The van der Waals surface area contributed by atoms with Crippen molar-refractivity contribution in [3.63, 3.8) is 0 Å². The molecule has 266 valence electrons. The zero-order valence-electron chi connectivity index (χ0n) is 31.3. The predicted molar refractivity (Wildman–Crippen MR) is 228 cm³/mol. The number of ether oxygens (including phenoxy) is 1. The molecule has 0 N–H and O–H groups in total. The molecule has 0 radical (unpaired) electrons. The van der Waals surface area contributed by atoms with Gasteiger partial charge in [0.25, 0.3) is 0 Å². The number of benzene rings is 8. The highest BCUT2D eigenvalue weighted by Gasteiger charge is 2.61. The molecule has 4 fully saturated rings. The van der Waals surface area contributed by atoms with Gasteiger partial charge in [-0.1, -0.05) is 146 Å². The summed E-state index contributed by atoms with van der Waals surface area (Å²) >= 11 is 0. The molecule has 1 heteroatoms. The average molecular weight is 717 g/mol. The lowest BCUT2D eigenvalue weighted by molar-refractivity contribution is -0.0399. The van der Waals surface area contributed by atoms with Crippen molar-refractivity contribution in [2.75, 3.05) is 0 Å². The summed E-state index contributed by atoms with van der Waals surface area (Å²) < 4.78 is 7.23. The lowest BCUT2D eigenvalue weighted by Gasteiger charge is -2.61. The van der Waals surface area contributed by atoms with Crippen LogP contribution in [0.5, 0.6) is 11.5 Å². The predicted octanol–water partition coefficient (Wildman–Crippen LogP) is 13.9. The minimum absolute atomic E-state index is 0.143. The number of hydrogen-bond donors (Lipinski definition) is 0. The summed E-state index contributed by atoms with van der Waals surface area (Å²) in [5.74, 6) is 5.29. The zero-order valence-corrected chi connectivity index (χ0v) is 31.3. The zero-order chi connectivity index (χ0) is 36.3. The Morgan fingerprint density at radius 1 is 0.375 bits per heavy atom. The van der Waals surface area contributed by atoms with Gasteiger partial charge in [0.15, 0.2) is 0 Å². The Labute approximate surface area is 327 Å². The third kappa shape index (κ3) is 3.52. The summed E-state index contributed by atoms with van der Waals surface area (Å²) in [5.41, 5.74) is 16.2. The van der Waals surface area contributed by atoms with Crippen LogP contribution < -0.4 is 4.74 Å². The van der Waals surface area contributed by atoms with Crippen molar-refractivity contribution in [1.29, 1.82) is 0 Å². The molecule has 0 amide bonds. The minimum Gasteiger partial charge on any atom is -0.455 e. The fourth-order valence-corrected chi connectivity index (χ4v) is 13.9. The number of fused-ring (bicyclic) bond motifs is 16. The van der Waals surface area contributed by atoms with Gasteiger partial charge >= 0.3 is 0 Å². The van der Waals surface area contributed by atoms with Gasteiger partial charge in [-0.05, 0) is 134 Å². The Bertz CT molecular complexity index is 2920. The first-order chi connectivity index (χ1) is 27.7. The maximum Gasteiger partial charge on any atom is 0.140 e. The van der Waals surface area contributed by atoms with E-state index in [4.69, 9.17) is 4.74 Å². The number of hydrogen-bond acceptors (Lipinski definition) is 1. The summed E-state index contributed by atoms with van der Waals surface area (Å²) in [6, 6.07) is 60.4. The fourth-order valence-electron chi connectivity index (χ4n) is 13.9. The van der Waals surface area contributed by atoms with Crippen molar-refractivity contribution in [2.45, 2.75) is 42.9 Å². The van der Waals surface area contributed by atoms with Crippen LogP contribution in [0, 0.1) is 23.7 Å². The van der Waals surface area contributed by atoms with Gasteiger partial charge in [-0.2, -0.15) is 0 Å². The van der Waals surface area contributed by atoms with E-state index in [0.717, 1.165) is 45.9 Å². The molecule has 4 bridgehead atoms. The van der Waals surface area contributed by atoms with Gasteiger partial charge in [0.1, 0.15) is 11.5 Å². The molecule has 0 atom stereocenters. The second-order valence-electron chi connectivity index (χ2n) is 18.0. The van der Waals surface area contributed by atoms with E-state index in [1.807, 2.05) is 0 Å². The van der Waals surface area contributed by atoms with Crippen LogP contribution in [0.4, 0.5) is 0 Å². The quantitative estimate of drug-likeness (QED) is 0.164. The minimum atomic E-state index is -0.547. The van der Waals surface area contributed by atoms with E-state index in [1.54, 1.807) is 11.1 Å². The van der Waals surface area contributed by atoms with Crippen LogP contribution >= 0.6 is 0 Å². The maximum atomic E-state index is 7.23. The van der Waals surface area contributed by atoms with Crippen LogP contribution in [0.1, 0.15) is 65.5 Å². The molecule has 2 spiro atoms. The first kappa shape index (κ1) is 30.3. The van der Waals surface area contributed by atoms with Crippen LogP contribution in [-0.2, 0) is 10.8 Å². The Balaban J connectivity index is 1.04. The van der Waals surface area contributed by atoms with Crippen LogP contribution in [0.3, 0.4) is 0 Å². The Morgan fingerprint density at radius 3 is 1.48 bits per heavy atom. The summed E-state index contributed by atoms with van der Waals surface area (Å²) in [6.45, 7) is 0. The lowest BCUT2D eigenvalue weighted by Crippen LogP contribution is -2.55. The largest absolute Gasteiger partial charge is 0.455 e. The second-order valence-corrected chi connectivity index (χ2v) is 18.0. The molecule has 7 aliphatic rings. The third-order valence-corrected chi connectivity index (χ3v) is 15.7. The van der Waals surface area contributed by atoms with Crippen molar-refractivity contribution in [2.24, 2.45) is 23.7 Å². The highest BCUT2D eigenvalue weighted by atomic mass is 16.5. The van der Waals surface area contributed by atoms with Crippen LogP contribution in [0.25, 0.3) is 54.9 Å². The van der Waals surface area contributed by atoms with Crippen LogP contribution in [0.15, 0.2) is 158 Å². The molecular formula is C55H40O. The first-order valence-electron chi connectivity index (χ1n) is 20.9. The fraction of sp³-hybridized carbons (Fsp3) is 0.200. The van der Waals surface area contributed by atoms with E-state index in [0.29, 0.717) is 0 Å². The summed E-state index contributed by atoms with van der Waals surface area (Å²) in [7, 11) is 0. The summed E-state index contributed by atoms with van der Waals surface area (Å²) in [5, 5.41) is 4.71. The maximum absolute atomic E-state index is 7.23. The van der Waals surface area contributed by atoms with Gasteiger partial charge in [0.2, 0.25) is 0 Å². The molecule has 1 aliphatic heterocycles. The van der Waals surface area contributed by atoms with Gasteiger partial charge in [0.05, 0.1) is 5.41 Å². The van der Waals surface area contributed by atoms with Crippen molar-refractivity contribution >= 4 is 21.5 Å². The molecule has 15 rings (SSSR count). The molecule has 6 aliphatic carbocycles. The number of rotatable bonds is 1. The monoisotopic (exact) mass is 716 g/mol. The molecule has 8 aromatic rings. The van der Waals surface area contributed by atoms with Crippen molar-refractivity contribution in [3.8, 4) is 44.9 Å². The van der Waals surface area contributed by atoms with Gasteiger partial charge in [-0.25, -0.2) is 0 Å². The van der Waals surface area contributed by atoms with Crippen molar-refractivity contribution in [1.82, 2.24) is 0 Å². The molecule has 56 heavy (non-hydrogen) atoms. The highest BCUT2D eigenvalue weighted by Crippen LogP contribution is 2.70. The van der Waals surface area contributed by atoms with E-state index in [1.165, 1.54) is 98.5 Å². The van der Waals surface area contributed by atoms with E-state index in [-0.39, 0.29) is 5.41 Å². The van der Waals surface area contributed by atoms with Gasteiger partial charge in [0, 0.05) is 27.3 Å². The normalized spacial score (nSPS) is 24.8. The lowest BCUT2D eigenvalue weighted by atomic mass is 9.43. The standard InChI is InChI=1S/C55H40O/c1-3-11-40-34(9-1)19-23-48-52(40)56-53-41-12-4-2-10-35(41)20-24-49(53)55(48)47-16-8-6-14-43(47)45-22-18-37(31-51(45)55)36-17-21-44-42-13-5-7-15-46(42)54(50(44)30-36)38-26-32-25-33(28-38)29-39(54)27-32/h1-24,30-33,38-39H,25-29H2. The topological polar surface area (TPSA) is 9.23 Å². The third-order valence-electron chi connectivity index (χ3n) is 15.7. The van der Waals surface area contributed by atoms with E-state index in [2.05, 4.69) is 158 Å².